The second-order valence-corrected chi connectivity index (χ2v) is 3.94. The Bertz CT molecular complexity index is 601. The summed E-state index contributed by atoms with van der Waals surface area (Å²) in [6.07, 6.45) is -4.49. The summed E-state index contributed by atoms with van der Waals surface area (Å²) in [5.41, 5.74) is -0.882. The van der Waals surface area contributed by atoms with Gasteiger partial charge >= 0.3 is 6.18 Å². The third kappa shape index (κ3) is 3.35. The highest BCUT2D eigenvalue weighted by Crippen LogP contribution is 2.33. The fourth-order valence-electron chi connectivity index (χ4n) is 1.34. The van der Waals surface area contributed by atoms with Crippen LogP contribution in [0.25, 0.3) is 0 Å². The van der Waals surface area contributed by atoms with Gasteiger partial charge in [0.2, 0.25) is 0 Å². The molecular formula is C12H6ClF4NO. The Balaban J connectivity index is 2.29. The molecule has 0 atom stereocenters. The lowest BCUT2D eigenvalue weighted by atomic mass is 10.2. The summed E-state index contributed by atoms with van der Waals surface area (Å²) in [4.78, 5) is 3.29. The highest BCUT2D eigenvalue weighted by atomic mass is 35.5. The van der Waals surface area contributed by atoms with E-state index in [2.05, 4.69) is 4.98 Å². The predicted molar refractivity (Wildman–Crippen MR) is 60.7 cm³/mol. The van der Waals surface area contributed by atoms with E-state index >= 15 is 0 Å². The average molecular weight is 292 g/mol. The topological polar surface area (TPSA) is 22.1 Å². The summed E-state index contributed by atoms with van der Waals surface area (Å²) in [5, 5.41) is -0.0751. The first kappa shape index (κ1) is 13.6. The quantitative estimate of drug-likeness (QED) is 0.592. The van der Waals surface area contributed by atoms with Gasteiger partial charge in [0.15, 0.2) is 5.75 Å². The van der Waals surface area contributed by atoms with Crippen molar-refractivity contribution in [2.75, 3.05) is 0 Å². The van der Waals surface area contributed by atoms with E-state index in [1.807, 2.05) is 0 Å². The SMILES string of the molecule is Fc1nc(Cl)ccc1Oc1cccc(C(F)(F)F)c1. The molecule has 1 aromatic carbocycles. The molecule has 0 radical (unpaired) electrons. The maximum absolute atomic E-state index is 13.3. The highest BCUT2D eigenvalue weighted by molar-refractivity contribution is 6.29. The summed E-state index contributed by atoms with van der Waals surface area (Å²) in [6, 6.07) is 6.57. The van der Waals surface area contributed by atoms with Crippen LogP contribution in [0.2, 0.25) is 5.15 Å². The number of aromatic nitrogens is 1. The number of alkyl halides is 3. The molecule has 0 N–H and O–H groups in total. The molecule has 0 aliphatic carbocycles. The van der Waals surface area contributed by atoms with Crippen LogP contribution in [0.5, 0.6) is 11.5 Å². The number of nitrogens with zero attached hydrogens (tertiary/aromatic N) is 1. The molecule has 0 fully saturated rings. The summed E-state index contributed by atoms with van der Waals surface area (Å²) in [6.45, 7) is 0. The summed E-state index contributed by atoms with van der Waals surface area (Å²) in [7, 11) is 0. The second-order valence-electron chi connectivity index (χ2n) is 3.55. The van der Waals surface area contributed by atoms with Gasteiger partial charge in [0, 0.05) is 0 Å². The van der Waals surface area contributed by atoms with Gasteiger partial charge in [0.05, 0.1) is 5.56 Å². The Kier molecular flexibility index (Phi) is 3.61. The number of pyridine rings is 1. The van der Waals surface area contributed by atoms with Crippen LogP contribution in [0.3, 0.4) is 0 Å². The number of halogens is 5. The minimum Gasteiger partial charge on any atom is -0.453 e. The number of benzene rings is 1. The van der Waals surface area contributed by atoms with Crippen molar-refractivity contribution in [1.29, 1.82) is 0 Å². The van der Waals surface area contributed by atoms with Crippen LogP contribution < -0.4 is 4.74 Å². The molecule has 0 aliphatic rings. The smallest absolute Gasteiger partial charge is 0.416 e. The second kappa shape index (κ2) is 5.05. The third-order valence-electron chi connectivity index (χ3n) is 2.17. The van der Waals surface area contributed by atoms with Gasteiger partial charge in [-0.25, -0.2) is 4.98 Å². The van der Waals surface area contributed by atoms with E-state index in [1.54, 1.807) is 0 Å². The predicted octanol–water partition coefficient (Wildman–Crippen LogP) is 4.69. The van der Waals surface area contributed by atoms with Crippen LogP contribution in [-0.2, 0) is 6.18 Å². The molecule has 100 valence electrons. The maximum atomic E-state index is 13.3. The molecule has 2 rings (SSSR count). The highest BCUT2D eigenvalue weighted by Gasteiger charge is 2.30. The molecule has 2 nitrogen and oxygen atoms in total. The molecular weight excluding hydrogens is 286 g/mol. The van der Waals surface area contributed by atoms with Crippen molar-refractivity contribution >= 4 is 11.6 Å². The zero-order valence-electron chi connectivity index (χ0n) is 9.21. The summed E-state index contributed by atoms with van der Waals surface area (Å²) < 4.78 is 55.8. The lowest BCUT2D eigenvalue weighted by Crippen LogP contribution is -2.04. The Morgan fingerprint density at radius 3 is 2.47 bits per heavy atom. The van der Waals surface area contributed by atoms with E-state index in [0.717, 1.165) is 12.1 Å². The number of ether oxygens (including phenoxy) is 1. The van der Waals surface area contributed by atoms with E-state index in [0.29, 0.717) is 0 Å². The number of hydrogen-bond acceptors (Lipinski definition) is 2. The first-order valence-corrected chi connectivity index (χ1v) is 5.41. The van der Waals surface area contributed by atoms with Crippen LogP contribution in [-0.4, -0.2) is 4.98 Å². The van der Waals surface area contributed by atoms with E-state index < -0.39 is 17.7 Å². The van der Waals surface area contributed by atoms with Crippen LogP contribution in [0.1, 0.15) is 5.56 Å². The monoisotopic (exact) mass is 291 g/mol. The fraction of sp³-hybridized carbons (Fsp3) is 0.0833. The van der Waals surface area contributed by atoms with Crippen LogP contribution in [0, 0.1) is 5.95 Å². The van der Waals surface area contributed by atoms with Crippen LogP contribution >= 0.6 is 11.6 Å². The Morgan fingerprint density at radius 2 is 1.84 bits per heavy atom. The van der Waals surface area contributed by atoms with E-state index in [1.165, 1.54) is 24.3 Å². The standard InChI is InChI=1S/C12H6ClF4NO/c13-10-5-4-9(11(14)18-10)19-8-3-1-2-7(6-8)12(15,16)17/h1-6H. The summed E-state index contributed by atoms with van der Waals surface area (Å²) >= 11 is 5.45. The molecule has 0 aliphatic heterocycles. The number of rotatable bonds is 2. The van der Waals surface area contributed by atoms with Crippen LogP contribution in [0.4, 0.5) is 17.6 Å². The van der Waals surface area contributed by atoms with Crippen molar-refractivity contribution in [1.82, 2.24) is 4.98 Å². The lowest BCUT2D eigenvalue weighted by molar-refractivity contribution is -0.137. The number of hydrogen-bond donors (Lipinski definition) is 0. The molecule has 2 aromatic rings. The molecule has 0 spiro atoms. The molecule has 0 saturated heterocycles. The molecule has 19 heavy (non-hydrogen) atoms. The zero-order valence-corrected chi connectivity index (χ0v) is 9.97. The third-order valence-corrected chi connectivity index (χ3v) is 2.38. The van der Waals surface area contributed by atoms with Crippen molar-refractivity contribution in [2.24, 2.45) is 0 Å². The van der Waals surface area contributed by atoms with Crippen molar-refractivity contribution in [2.45, 2.75) is 6.18 Å². The molecule has 0 saturated carbocycles. The lowest BCUT2D eigenvalue weighted by Gasteiger charge is -2.10. The molecule has 1 aromatic heterocycles. The van der Waals surface area contributed by atoms with Crippen molar-refractivity contribution in [3.8, 4) is 11.5 Å². The molecule has 0 bridgehead atoms. The zero-order chi connectivity index (χ0) is 14.0. The minimum atomic E-state index is -4.49. The first-order chi connectivity index (χ1) is 8.86. The van der Waals surface area contributed by atoms with Crippen molar-refractivity contribution in [3.63, 3.8) is 0 Å². The van der Waals surface area contributed by atoms with Gasteiger partial charge in [-0.2, -0.15) is 17.6 Å². The van der Waals surface area contributed by atoms with Gasteiger partial charge in [-0.05, 0) is 30.3 Å². The van der Waals surface area contributed by atoms with E-state index in [-0.39, 0.29) is 16.7 Å². The van der Waals surface area contributed by atoms with Crippen LogP contribution in [0.15, 0.2) is 36.4 Å². The fourth-order valence-corrected chi connectivity index (χ4v) is 1.48. The van der Waals surface area contributed by atoms with Gasteiger partial charge < -0.3 is 4.74 Å². The van der Waals surface area contributed by atoms with E-state index in [4.69, 9.17) is 16.3 Å². The van der Waals surface area contributed by atoms with Gasteiger partial charge in [-0.3, -0.25) is 0 Å². The molecule has 0 amide bonds. The first-order valence-electron chi connectivity index (χ1n) is 5.03. The Hall–Kier alpha value is -1.82. The minimum absolute atomic E-state index is 0.0751. The largest absolute Gasteiger partial charge is 0.453 e. The van der Waals surface area contributed by atoms with E-state index in [9.17, 15) is 17.6 Å². The van der Waals surface area contributed by atoms with Gasteiger partial charge in [-0.1, -0.05) is 17.7 Å². The molecule has 7 heteroatoms. The maximum Gasteiger partial charge on any atom is 0.416 e. The van der Waals surface area contributed by atoms with Gasteiger partial charge in [0.1, 0.15) is 10.9 Å². The average Bonchev–Trinajstić information content (AvgIpc) is 2.32. The Labute approximate surface area is 110 Å². The van der Waals surface area contributed by atoms with Crippen molar-refractivity contribution < 1.29 is 22.3 Å². The normalized spacial score (nSPS) is 11.4. The van der Waals surface area contributed by atoms with Gasteiger partial charge in [-0.15, -0.1) is 0 Å². The molecule has 0 unspecified atom stereocenters. The summed E-state index contributed by atoms with van der Waals surface area (Å²) in [5.74, 6) is -1.44. The Morgan fingerprint density at radius 1 is 1.11 bits per heavy atom. The molecule has 1 heterocycles. The van der Waals surface area contributed by atoms with Gasteiger partial charge in [0.25, 0.3) is 5.95 Å². The van der Waals surface area contributed by atoms with Crippen molar-refractivity contribution in [3.05, 3.63) is 53.1 Å².